The molecule has 2 amide bonds. The van der Waals surface area contributed by atoms with E-state index >= 15 is 0 Å². The predicted octanol–water partition coefficient (Wildman–Crippen LogP) is -0.100. The number of anilines is 4. The van der Waals surface area contributed by atoms with Gasteiger partial charge in [-0.15, -0.1) is 0 Å². The first-order chi connectivity index (χ1) is 10.6. The van der Waals surface area contributed by atoms with Gasteiger partial charge >= 0.3 is 0 Å². The second-order valence-corrected chi connectivity index (χ2v) is 4.58. The summed E-state index contributed by atoms with van der Waals surface area (Å²) in [6.45, 7) is 2.62. The summed E-state index contributed by atoms with van der Waals surface area (Å²) in [7, 11) is 0. The van der Waals surface area contributed by atoms with Gasteiger partial charge in [0.15, 0.2) is 17.3 Å². The topological polar surface area (TPSA) is 140 Å². The van der Waals surface area contributed by atoms with E-state index in [1.807, 2.05) is 6.92 Å². The second kappa shape index (κ2) is 5.31. The molecule has 0 bridgehead atoms. The molecule has 0 aliphatic carbocycles. The number of nitrogens with one attached hydrogen (secondary N) is 3. The van der Waals surface area contributed by atoms with Gasteiger partial charge in [-0.25, -0.2) is 9.97 Å². The Morgan fingerprint density at radius 1 is 1.50 bits per heavy atom. The van der Waals surface area contributed by atoms with Crippen molar-refractivity contribution < 1.29 is 9.59 Å². The number of nitrogens with two attached hydrogens (primary N) is 1. The molecular formula is C12H14N8O2. The molecule has 0 unspecified atom stereocenters. The van der Waals surface area contributed by atoms with Gasteiger partial charge in [0.2, 0.25) is 5.91 Å². The average molecular weight is 302 g/mol. The normalized spacial score (nSPS) is 13.0. The molecule has 3 rings (SSSR count). The monoisotopic (exact) mass is 302 g/mol. The van der Waals surface area contributed by atoms with Crippen molar-refractivity contribution in [1.29, 1.82) is 0 Å². The number of rotatable bonds is 4. The minimum atomic E-state index is -0.653. The average Bonchev–Trinajstić information content (AvgIpc) is 2.91. The molecule has 0 aromatic carbocycles. The lowest BCUT2D eigenvalue weighted by Crippen LogP contribution is -2.29. The summed E-state index contributed by atoms with van der Waals surface area (Å²) in [5, 5.41) is 12.6. The Labute approximate surface area is 125 Å². The van der Waals surface area contributed by atoms with Gasteiger partial charge < -0.3 is 21.7 Å². The number of amides is 2. The van der Waals surface area contributed by atoms with Crippen LogP contribution in [0.25, 0.3) is 0 Å². The molecule has 2 aromatic rings. The van der Waals surface area contributed by atoms with Gasteiger partial charge in [0.25, 0.3) is 5.91 Å². The van der Waals surface area contributed by atoms with Crippen molar-refractivity contribution in [2.24, 2.45) is 5.73 Å². The molecule has 1 aliphatic heterocycles. The van der Waals surface area contributed by atoms with Crippen LogP contribution in [-0.4, -0.2) is 38.1 Å². The van der Waals surface area contributed by atoms with Crippen LogP contribution in [-0.2, 0) is 11.3 Å². The van der Waals surface area contributed by atoms with Crippen LogP contribution in [0.2, 0.25) is 0 Å². The molecule has 0 radical (unpaired) electrons. The van der Waals surface area contributed by atoms with Crippen LogP contribution in [0, 0.1) is 0 Å². The van der Waals surface area contributed by atoms with E-state index in [0.29, 0.717) is 29.6 Å². The van der Waals surface area contributed by atoms with Crippen LogP contribution in [0.5, 0.6) is 0 Å². The summed E-state index contributed by atoms with van der Waals surface area (Å²) in [6.07, 6.45) is 2.99. The van der Waals surface area contributed by atoms with Crippen LogP contribution in [0.1, 0.15) is 17.4 Å². The maximum absolute atomic E-state index is 11.5. The van der Waals surface area contributed by atoms with E-state index in [1.54, 1.807) is 10.9 Å². The first-order valence-electron chi connectivity index (χ1n) is 6.61. The highest BCUT2D eigenvalue weighted by Gasteiger charge is 2.21. The number of hydrogen-bond donors (Lipinski definition) is 4. The molecule has 114 valence electrons. The number of carbonyl (C=O) groups excluding carboxylic acids is 2. The zero-order chi connectivity index (χ0) is 15.7. The third kappa shape index (κ3) is 2.41. The standard InChI is InChI=1S/C12H14N8O2/c1-2-20-4-6(8(19-20)10(13)22)17-12-9-11(15-5-16-12)14-3-7(21)18-9/h4-5H,2-3H2,1H3,(H2,13,22)(H,18,21)(H2,14,15,16,17). The molecule has 0 saturated heterocycles. The third-order valence-corrected chi connectivity index (χ3v) is 3.10. The summed E-state index contributed by atoms with van der Waals surface area (Å²) < 4.78 is 1.58. The van der Waals surface area contributed by atoms with E-state index in [1.165, 1.54) is 6.33 Å². The number of carbonyl (C=O) groups is 2. The van der Waals surface area contributed by atoms with Gasteiger partial charge in [0.1, 0.15) is 12.0 Å². The quantitative estimate of drug-likeness (QED) is 0.618. The SMILES string of the molecule is CCn1cc(Nc2ncnc3c2NC(=O)CN3)c(C(N)=O)n1. The van der Waals surface area contributed by atoms with Crippen molar-refractivity contribution in [2.75, 3.05) is 22.5 Å². The number of hydrogen-bond acceptors (Lipinski definition) is 7. The van der Waals surface area contributed by atoms with E-state index in [4.69, 9.17) is 5.73 Å². The first kappa shape index (κ1) is 13.8. The summed E-state index contributed by atoms with van der Waals surface area (Å²) in [4.78, 5) is 31.1. The Hall–Kier alpha value is -3.17. The number of fused-ring (bicyclic) bond motifs is 1. The lowest BCUT2D eigenvalue weighted by molar-refractivity contribution is -0.114. The van der Waals surface area contributed by atoms with E-state index in [0.717, 1.165) is 0 Å². The van der Waals surface area contributed by atoms with E-state index < -0.39 is 5.91 Å². The molecule has 3 heterocycles. The van der Waals surface area contributed by atoms with E-state index in [2.05, 4.69) is 31.0 Å². The fourth-order valence-corrected chi connectivity index (χ4v) is 2.06. The van der Waals surface area contributed by atoms with Crippen LogP contribution in [0.4, 0.5) is 23.0 Å². The number of aromatic nitrogens is 4. The van der Waals surface area contributed by atoms with Gasteiger partial charge in [-0.05, 0) is 6.92 Å². The van der Waals surface area contributed by atoms with Gasteiger partial charge in [0, 0.05) is 12.7 Å². The highest BCUT2D eigenvalue weighted by molar-refractivity contribution is 6.04. The summed E-state index contributed by atoms with van der Waals surface area (Å²) in [6, 6.07) is 0. The Bertz CT molecular complexity index is 754. The molecule has 0 saturated carbocycles. The van der Waals surface area contributed by atoms with Crippen molar-refractivity contribution in [2.45, 2.75) is 13.5 Å². The van der Waals surface area contributed by atoms with Crippen molar-refractivity contribution >= 4 is 34.8 Å². The number of primary amides is 1. The molecular weight excluding hydrogens is 288 g/mol. The summed E-state index contributed by atoms with van der Waals surface area (Å²) in [5.41, 5.74) is 6.26. The van der Waals surface area contributed by atoms with Crippen LogP contribution < -0.4 is 21.7 Å². The zero-order valence-electron chi connectivity index (χ0n) is 11.8. The van der Waals surface area contributed by atoms with Crippen molar-refractivity contribution in [3.05, 3.63) is 18.2 Å². The molecule has 0 fully saturated rings. The molecule has 0 spiro atoms. The largest absolute Gasteiger partial charge is 0.364 e. The van der Waals surface area contributed by atoms with Crippen LogP contribution in [0.3, 0.4) is 0 Å². The van der Waals surface area contributed by atoms with Gasteiger partial charge in [-0.3, -0.25) is 14.3 Å². The highest BCUT2D eigenvalue weighted by Crippen LogP contribution is 2.31. The zero-order valence-corrected chi connectivity index (χ0v) is 11.8. The smallest absolute Gasteiger partial charge is 0.271 e. The fourth-order valence-electron chi connectivity index (χ4n) is 2.06. The highest BCUT2D eigenvalue weighted by atomic mass is 16.2. The molecule has 10 nitrogen and oxygen atoms in total. The Morgan fingerprint density at radius 3 is 3.05 bits per heavy atom. The number of aryl methyl sites for hydroxylation is 1. The molecule has 2 aromatic heterocycles. The van der Waals surface area contributed by atoms with E-state index in [9.17, 15) is 9.59 Å². The molecule has 22 heavy (non-hydrogen) atoms. The Balaban J connectivity index is 1.99. The van der Waals surface area contributed by atoms with Crippen molar-refractivity contribution in [3.63, 3.8) is 0 Å². The fraction of sp³-hybridized carbons (Fsp3) is 0.250. The third-order valence-electron chi connectivity index (χ3n) is 3.10. The summed E-state index contributed by atoms with van der Waals surface area (Å²) >= 11 is 0. The molecule has 5 N–H and O–H groups in total. The lowest BCUT2D eigenvalue weighted by Gasteiger charge is -2.19. The lowest BCUT2D eigenvalue weighted by atomic mass is 10.3. The van der Waals surface area contributed by atoms with Crippen molar-refractivity contribution in [1.82, 2.24) is 19.7 Å². The minimum Gasteiger partial charge on any atom is -0.364 e. The van der Waals surface area contributed by atoms with Crippen LogP contribution in [0.15, 0.2) is 12.5 Å². The van der Waals surface area contributed by atoms with Gasteiger partial charge in [-0.1, -0.05) is 0 Å². The Kier molecular flexibility index (Phi) is 3.33. The number of nitrogens with zero attached hydrogens (tertiary/aromatic N) is 4. The van der Waals surface area contributed by atoms with Crippen LogP contribution >= 0.6 is 0 Å². The van der Waals surface area contributed by atoms with Gasteiger partial charge in [-0.2, -0.15) is 5.10 Å². The predicted molar refractivity (Wildman–Crippen MR) is 78.9 cm³/mol. The Morgan fingerprint density at radius 2 is 2.32 bits per heavy atom. The van der Waals surface area contributed by atoms with E-state index in [-0.39, 0.29) is 18.1 Å². The minimum absolute atomic E-state index is 0.101. The maximum atomic E-state index is 11.5. The molecule has 0 atom stereocenters. The maximum Gasteiger partial charge on any atom is 0.271 e. The van der Waals surface area contributed by atoms with Gasteiger partial charge in [0.05, 0.1) is 12.2 Å². The molecule has 10 heteroatoms. The second-order valence-electron chi connectivity index (χ2n) is 4.58. The summed E-state index contributed by atoms with van der Waals surface area (Å²) in [5.74, 6) is -0.00572. The molecule has 1 aliphatic rings. The first-order valence-corrected chi connectivity index (χ1v) is 6.61. The van der Waals surface area contributed by atoms with Crippen molar-refractivity contribution in [3.8, 4) is 0 Å².